The first-order valence-corrected chi connectivity index (χ1v) is 6.79. The predicted octanol–water partition coefficient (Wildman–Crippen LogP) is 3.66. The first kappa shape index (κ1) is 16.8. The van der Waals surface area contributed by atoms with E-state index < -0.39 is 12.2 Å². The van der Waals surface area contributed by atoms with E-state index in [1.165, 1.54) is 19.2 Å². The molecule has 2 N–H and O–H groups in total. The predicted molar refractivity (Wildman–Crippen MR) is 80.4 cm³/mol. The molecule has 0 saturated carbocycles. The van der Waals surface area contributed by atoms with Crippen LogP contribution in [0.4, 0.5) is 0 Å². The zero-order chi connectivity index (χ0) is 15.3. The third-order valence-electron chi connectivity index (χ3n) is 2.40. The Labute approximate surface area is 128 Å². The van der Waals surface area contributed by atoms with Crippen molar-refractivity contribution in [3.63, 3.8) is 0 Å². The van der Waals surface area contributed by atoms with Gasteiger partial charge >= 0.3 is 5.97 Å². The zero-order valence-corrected chi connectivity index (χ0v) is 13.0. The quantitative estimate of drug-likeness (QED) is 0.511. The summed E-state index contributed by atoms with van der Waals surface area (Å²) in [7, 11) is 1.40. The van der Waals surface area contributed by atoms with Crippen LogP contribution in [0.15, 0.2) is 24.3 Å². The average Bonchev–Trinajstić information content (AvgIpc) is 2.38. The lowest BCUT2D eigenvalue weighted by Crippen LogP contribution is -2.25. The van der Waals surface area contributed by atoms with E-state index in [1.54, 1.807) is 6.08 Å². The summed E-state index contributed by atoms with van der Waals surface area (Å²) in [6.07, 6.45) is 2.59. The molecule has 1 aromatic rings. The lowest BCUT2D eigenvalue weighted by molar-refractivity contribution is 0.0402. The number of esters is 1. The molecule has 0 heterocycles. The van der Waals surface area contributed by atoms with Gasteiger partial charge in [-0.3, -0.25) is 5.73 Å². The number of carbonyl (C=O) groups excluding carboxylic acids is 1. The monoisotopic (exact) mass is 317 g/mol. The summed E-state index contributed by atoms with van der Waals surface area (Å²) in [5.41, 5.74) is 5.76. The molecular weight excluding hydrogens is 301 g/mol. The minimum absolute atomic E-state index is 0.0649. The van der Waals surface area contributed by atoms with Crippen molar-refractivity contribution < 1.29 is 14.3 Å². The summed E-state index contributed by atoms with van der Waals surface area (Å²) >= 11 is 11.9. The third-order valence-corrected chi connectivity index (χ3v) is 3.01. The van der Waals surface area contributed by atoms with Crippen molar-refractivity contribution in [1.82, 2.24) is 0 Å². The fraction of sp³-hybridized carbons (Fsp3) is 0.357. The molecule has 0 aliphatic carbocycles. The summed E-state index contributed by atoms with van der Waals surface area (Å²) in [5, 5.41) is 0.464. The van der Waals surface area contributed by atoms with Gasteiger partial charge in [0.15, 0.2) is 12.0 Å². The van der Waals surface area contributed by atoms with Crippen LogP contribution in [0, 0.1) is 5.92 Å². The van der Waals surface area contributed by atoms with Crippen LogP contribution in [-0.2, 0) is 4.74 Å². The summed E-state index contributed by atoms with van der Waals surface area (Å²) in [5.74, 6) is -0.205. The van der Waals surface area contributed by atoms with E-state index in [0.29, 0.717) is 5.92 Å². The number of nitrogens with two attached hydrogens (primary N) is 1. The fourth-order valence-corrected chi connectivity index (χ4v) is 1.94. The fourth-order valence-electron chi connectivity index (χ4n) is 1.48. The summed E-state index contributed by atoms with van der Waals surface area (Å²) in [6, 6.07) is 3.04. The van der Waals surface area contributed by atoms with Gasteiger partial charge in [0, 0.05) is 0 Å². The minimum Gasteiger partial charge on any atom is -0.494 e. The van der Waals surface area contributed by atoms with Gasteiger partial charge in [-0.15, -0.1) is 0 Å². The van der Waals surface area contributed by atoms with E-state index in [9.17, 15) is 4.79 Å². The molecule has 0 radical (unpaired) electrons. The van der Waals surface area contributed by atoms with E-state index in [4.69, 9.17) is 38.4 Å². The Kier molecular flexibility index (Phi) is 6.33. The van der Waals surface area contributed by atoms with Crippen LogP contribution < -0.4 is 10.5 Å². The maximum absolute atomic E-state index is 12.1. The van der Waals surface area contributed by atoms with Gasteiger partial charge < -0.3 is 9.47 Å². The van der Waals surface area contributed by atoms with Crippen LogP contribution in [0.3, 0.4) is 0 Å². The van der Waals surface area contributed by atoms with Gasteiger partial charge in [-0.25, -0.2) is 4.79 Å². The molecule has 0 aliphatic heterocycles. The Bertz CT molecular complexity index is 515. The van der Waals surface area contributed by atoms with Crippen LogP contribution in [0.1, 0.15) is 24.2 Å². The molecule has 0 fully saturated rings. The molecule has 1 rings (SSSR count). The smallest absolute Gasteiger partial charge is 0.345 e. The molecule has 0 saturated heterocycles. The second-order valence-corrected chi connectivity index (χ2v) is 5.25. The summed E-state index contributed by atoms with van der Waals surface area (Å²) in [4.78, 5) is 12.1. The minimum atomic E-state index is -0.857. The highest BCUT2D eigenvalue weighted by Gasteiger charge is 2.22. The van der Waals surface area contributed by atoms with Gasteiger partial charge in [-0.1, -0.05) is 43.1 Å². The number of hydrogen-bond donors (Lipinski definition) is 1. The van der Waals surface area contributed by atoms with Crippen LogP contribution in [-0.4, -0.2) is 19.3 Å². The maximum Gasteiger partial charge on any atom is 0.345 e. The van der Waals surface area contributed by atoms with Gasteiger partial charge in [-0.2, -0.15) is 0 Å². The van der Waals surface area contributed by atoms with Crippen molar-refractivity contribution in [1.29, 1.82) is 0 Å². The SMILES string of the molecule is COc1c(Cl)ccc(Cl)c1C(=O)O[C@@H](N)/C=C\C(C)C. The Balaban J connectivity index is 2.96. The molecule has 1 aromatic carbocycles. The van der Waals surface area contributed by atoms with Crippen molar-refractivity contribution in [2.45, 2.75) is 20.1 Å². The molecule has 4 nitrogen and oxygen atoms in total. The van der Waals surface area contributed by atoms with Gasteiger partial charge in [0.1, 0.15) is 5.56 Å². The number of benzene rings is 1. The highest BCUT2D eigenvalue weighted by molar-refractivity contribution is 6.37. The van der Waals surface area contributed by atoms with Crippen molar-refractivity contribution in [3.8, 4) is 5.75 Å². The second kappa shape index (κ2) is 7.53. The number of halogens is 2. The van der Waals surface area contributed by atoms with Gasteiger partial charge in [0.2, 0.25) is 0 Å². The maximum atomic E-state index is 12.1. The average molecular weight is 318 g/mol. The normalized spacial score (nSPS) is 12.8. The molecule has 6 heteroatoms. The Morgan fingerprint density at radius 1 is 1.25 bits per heavy atom. The van der Waals surface area contributed by atoms with Gasteiger partial charge in [0.25, 0.3) is 0 Å². The van der Waals surface area contributed by atoms with E-state index in [2.05, 4.69) is 0 Å². The van der Waals surface area contributed by atoms with Crippen LogP contribution >= 0.6 is 23.2 Å². The molecular formula is C14H17Cl2NO3. The zero-order valence-electron chi connectivity index (χ0n) is 11.5. The summed E-state index contributed by atoms with van der Waals surface area (Å²) < 4.78 is 10.2. The van der Waals surface area contributed by atoms with Crippen molar-refractivity contribution in [2.24, 2.45) is 11.7 Å². The molecule has 0 spiro atoms. The molecule has 0 aliphatic rings. The summed E-state index contributed by atoms with van der Waals surface area (Å²) in [6.45, 7) is 3.98. The third kappa shape index (κ3) is 4.40. The van der Waals surface area contributed by atoms with E-state index in [0.717, 1.165) is 0 Å². The second-order valence-electron chi connectivity index (χ2n) is 4.44. The topological polar surface area (TPSA) is 61.5 Å². The Hall–Kier alpha value is -1.23. The molecule has 0 unspecified atom stereocenters. The highest BCUT2D eigenvalue weighted by atomic mass is 35.5. The standard InChI is InChI=1S/C14H17Cl2NO3/c1-8(2)4-7-11(17)20-14(18)12-9(15)5-6-10(16)13(12)19-3/h4-8,11H,17H2,1-3H3/b7-4-/t11-/m1/s1. The van der Waals surface area contributed by atoms with Crippen molar-refractivity contribution in [2.75, 3.05) is 7.11 Å². The number of allylic oxidation sites excluding steroid dienone is 1. The first-order valence-electron chi connectivity index (χ1n) is 6.03. The highest BCUT2D eigenvalue weighted by Crippen LogP contribution is 2.34. The molecule has 110 valence electrons. The molecule has 0 aromatic heterocycles. The molecule has 0 bridgehead atoms. The van der Waals surface area contributed by atoms with E-state index >= 15 is 0 Å². The number of methoxy groups -OCH3 is 1. The lowest BCUT2D eigenvalue weighted by Gasteiger charge is -2.14. The largest absolute Gasteiger partial charge is 0.494 e. The van der Waals surface area contributed by atoms with E-state index in [1.807, 2.05) is 19.9 Å². The van der Waals surface area contributed by atoms with E-state index in [-0.39, 0.29) is 21.4 Å². The number of rotatable bonds is 5. The number of ether oxygens (including phenoxy) is 2. The number of carbonyl (C=O) groups is 1. The van der Waals surface area contributed by atoms with Crippen LogP contribution in [0.5, 0.6) is 5.75 Å². The molecule has 20 heavy (non-hydrogen) atoms. The lowest BCUT2D eigenvalue weighted by atomic mass is 10.2. The van der Waals surface area contributed by atoms with Crippen molar-refractivity contribution in [3.05, 3.63) is 39.9 Å². The molecule has 1 atom stereocenters. The van der Waals surface area contributed by atoms with Crippen molar-refractivity contribution >= 4 is 29.2 Å². The van der Waals surface area contributed by atoms with Crippen LogP contribution in [0.2, 0.25) is 10.0 Å². The van der Waals surface area contributed by atoms with Gasteiger partial charge in [0.05, 0.1) is 17.2 Å². The molecule has 0 amide bonds. The Morgan fingerprint density at radius 3 is 2.40 bits per heavy atom. The number of hydrogen-bond acceptors (Lipinski definition) is 4. The first-order chi connectivity index (χ1) is 9.36. The Morgan fingerprint density at radius 2 is 1.85 bits per heavy atom. The van der Waals surface area contributed by atoms with Gasteiger partial charge in [-0.05, 0) is 24.1 Å². The van der Waals surface area contributed by atoms with Crippen LogP contribution in [0.25, 0.3) is 0 Å².